The van der Waals surface area contributed by atoms with Crippen molar-refractivity contribution in [3.63, 3.8) is 0 Å². The Morgan fingerprint density at radius 2 is 2.31 bits per heavy atom. The molecule has 0 aliphatic carbocycles. The number of hydrogen-bond donors (Lipinski definition) is 1. The molecule has 5 heteroatoms. The molecule has 5 nitrogen and oxygen atoms in total. The van der Waals surface area contributed by atoms with Crippen LogP contribution in [-0.4, -0.2) is 29.2 Å². The van der Waals surface area contributed by atoms with Gasteiger partial charge in [-0.05, 0) is 0 Å². The standard InChI is InChI=1S/C8H10N4O/c13-7-6-8-11(2-1-9-6)3-4-12(8)5-10-7/h5,9H,1-4H2. The fourth-order valence-electron chi connectivity index (χ4n) is 2.01. The third-order valence-corrected chi connectivity index (χ3v) is 2.62. The van der Waals surface area contributed by atoms with Gasteiger partial charge in [-0.2, -0.15) is 4.98 Å². The van der Waals surface area contributed by atoms with Gasteiger partial charge >= 0.3 is 0 Å². The molecule has 1 aromatic rings. The van der Waals surface area contributed by atoms with Crippen LogP contribution in [0.25, 0.3) is 0 Å². The predicted molar refractivity (Wildman–Crippen MR) is 49.2 cm³/mol. The number of nitrogens with one attached hydrogen (secondary N) is 1. The average Bonchev–Trinajstić information content (AvgIpc) is 2.57. The highest BCUT2D eigenvalue weighted by atomic mass is 16.1. The SMILES string of the molecule is O=c1ncn2c3c1NCCN3CC2. The summed E-state index contributed by atoms with van der Waals surface area (Å²) in [6.45, 7) is 3.77. The number of nitrogens with zero attached hydrogens (tertiary/aromatic N) is 3. The summed E-state index contributed by atoms with van der Waals surface area (Å²) >= 11 is 0. The maximum atomic E-state index is 11.4. The molecule has 3 rings (SSSR count). The van der Waals surface area contributed by atoms with Crippen LogP contribution in [0.5, 0.6) is 0 Å². The fourth-order valence-corrected chi connectivity index (χ4v) is 2.01. The normalized spacial score (nSPS) is 18.3. The van der Waals surface area contributed by atoms with Crippen LogP contribution in [0.3, 0.4) is 0 Å². The number of rotatable bonds is 0. The van der Waals surface area contributed by atoms with Crippen molar-refractivity contribution >= 4 is 11.5 Å². The van der Waals surface area contributed by atoms with Gasteiger partial charge in [-0.3, -0.25) is 4.79 Å². The summed E-state index contributed by atoms with van der Waals surface area (Å²) < 4.78 is 2.03. The Kier molecular flexibility index (Phi) is 1.20. The highest BCUT2D eigenvalue weighted by Crippen LogP contribution is 2.28. The van der Waals surface area contributed by atoms with Crippen LogP contribution < -0.4 is 15.8 Å². The first-order valence-electron chi connectivity index (χ1n) is 4.44. The first kappa shape index (κ1) is 6.94. The molecule has 0 saturated carbocycles. The van der Waals surface area contributed by atoms with E-state index in [1.165, 1.54) is 0 Å². The lowest BCUT2D eigenvalue weighted by Crippen LogP contribution is -2.35. The van der Waals surface area contributed by atoms with E-state index in [0.29, 0.717) is 5.69 Å². The van der Waals surface area contributed by atoms with Gasteiger partial charge in [0.15, 0.2) is 0 Å². The van der Waals surface area contributed by atoms with Crippen LogP contribution >= 0.6 is 0 Å². The molecule has 0 fully saturated rings. The minimum absolute atomic E-state index is 0.141. The molecule has 0 radical (unpaired) electrons. The highest BCUT2D eigenvalue weighted by Gasteiger charge is 2.26. The predicted octanol–water partition coefficient (Wildman–Crippen LogP) is -0.511. The lowest BCUT2D eigenvalue weighted by atomic mass is 10.3. The maximum Gasteiger partial charge on any atom is 0.298 e. The molecule has 0 atom stereocenters. The summed E-state index contributed by atoms with van der Waals surface area (Å²) in [6, 6.07) is 0. The van der Waals surface area contributed by atoms with Crippen molar-refractivity contribution in [1.29, 1.82) is 0 Å². The largest absolute Gasteiger partial charge is 0.376 e. The molecule has 1 aromatic heterocycles. The minimum Gasteiger partial charge on any atom is -0.376 e. The van der Waals surface area contributed by atoms with Gasteiger partial charge in [0.25, 0.3) is 5.56 Å². The second kappa shape index (κ2) is 2.25. The van der Waals surface area contributed by atoms with E-state index >= 15 is 0 Å². The zero-order chi connectivity index (χ0) is 8.84. The Bertz CT molecular complexity index is 411. The second-order valence-electron chi connectivity index (χ2n) is 3.36. The molecular weight excluding hydrogens is 168 g/mol. The maximum absolute atomic E-state index is 11.4. The number of anilines is 2. The quantitative estimate of drug-likeness (QED) is 0.581. The van der Waals surface area contributed by atoms with Crippen molar-refractivity contribution in [2.45, 2.75) is 6.54 Å². The van der Waals surface area contributed by atoms with E-state index in [-0.39, 0.29) is 5.56 Å². The third kappa shape index (κ3) is 0.811. The summed E-state index contributed by atoms with van der Waals surface area (Å²) in [6.07, 6.45) is 1.63. The summed E-state index contributed by atoms with van der Waals surface area (Å²) in [5, 5.41) is 3.10. The van der Waals surface area contributed by atoms with E-state index in [0.717, 1.165) is 32.0 Å². The molecule has 13 heavy (non-hydrogen) atoms. The minimum atomic E-state index is -0.141. The van der Waals surface area contributed by atoms with Gasteiger partial charge in [0.05, 0.1) is 0 Å². The smallest absolute Gasteiger partial charge is 0.298 e. The molecule has 0 bridgehead atoms. The van der Waals surface area contributed by atoms with Gasteiger partial charge in [0.2, 0.25) is 0 Å². The Morgan fingerprint density at radius 1 is 1.38 bits per heavy atom. The summed E-state index contributed by atoms with van der Waals surface area (Å²) in [4.78, 5) is 17.4. The molecule has 1 N–H and O–H groups in total. The van der Waals surface area contributed by atoms with E-state index < -0.39 is 0 Å². The zero-order valence-corrected chi connectivity index (χ0v) is 7.16. The Labute approximate surface area is 75.0 Å². The molecule has 3 heterocycles. The van der Waals surface area contributed by atoms with Crippen molar-refractivity contribution in [2.75, 3.05) is 29.9 Å². The summed E-state index contributed by atoms with van der Waals surface area (Å²) in [7, 11) is 0. The zero-order valence-electron chi connectivity index (χ0n) is 7.16. The third-order valence-electron chi connectivity index (χ3n) is 2.62. The Balaban J connectivity index is 2.32. The van der Waals surface area contributed by atoms with Crippen LogP contribution in [0.15, 0.2) is 11.1 Å². The highest BCUT2D eigenvalue weighted by molar-refractivity contribution is 5.68. The molecule has 0 spiro atoms. The van der Waals surface area contributed by atoms with Crippen molar-refractivity contribution < 1.29 is 0 Å². The molecule has 0 saturated heterocycles. The van der Waals surface area contributed by atoms with Crippen molar-refractivity contribution in [2.24, 2.45) is 0 Å². The molecule has 2 aliphatic heterocycles. The van der Waals surface area contributed by atoms with E-state index in [2.05, 4.69) is 15.2 Å². The molecule has 68 valence electrons. The van der Waals surface area contributed by atoms with E-state index in [9.17, 15) is 4.79 Å². The first-order valence-corrected chi connectivity index (χ1v) is 4.44. The Morgan fingerprint density at radius 3 is 3.23 bits per heavy atom. The lowest BCUT2D eigenvalue weighted by Gasteiger charge is -2.26. The van der Waals surface area contributed by atoms with Crippen molar-refractivity contribution in [1.82, 2.24) is 9.55 Å². The molecular formula is C8H10N4O. The van der Waals surface area contributed by atoms with Crippen LogP contribution in [0, 0.1) is 0 Å². The van der Waals surface area contributed by atoms with Crippen LogP contribution in [0.2, 0.25) is 0 Å². The Hall–Kier alpha value is -1.52. The molecule has 2 aliphatic rings. The second-order valence-corrected chi connectivity index (χ2v) is 3.36. The average molecular weight is 178 g/mol. The van der Waals surface area contributed by atoms with Gasteiger partial charge in [-0.15, -0.1) is 0 Å². The van der Waals surface area contributed by atoms with Gasteiger partial charge < -0.3 is 14.8 Å². The van der Waals surface area contributed by atoms with Crippen molar-refractivity contribution in [3.8, 4) is 0 Å². The van der Waals surface area contributed by atoms with E-state index in [1.807, 2.05) is 4.57 Å². The van der Waals surface area contributed by atoms with Crippen molar-refractivity contribution in [3.05, 3.63) is 16.7 Å². The summed E-state index contributed by atoms with van der Waals surface area (Å²) in [5.74, 6) is 1.02. The fraction of sp³-hybridized carbons (Fsp3) is 0.500. The van der Waals surface area contributed by atoms with Gasteiger partial charge in [-0.1, -0.05) is 0 Å². The monoisotopic (exact) mass is 178 g/mol. The first-order chi connectivity index (χ1) is 6.36. The number of hydrogen-bond acceptors (Lipinski definition) is 4. The van der Waals surface area contributed by atoms with E-state index in [4.69, 9.17) is 0 Å². The van der Waals surface area contributed by atoms with Crippen LogP contribution in [0.1, 0.15) is 0 Å². The van der Waals surface area contributed by atoms with Gasteiger partial charge in [0.1, 0.15) is 17.8 Å². The number of aromatic nitrogens is 2. The molecule has 0 aromatic carbocycles. The van der Waals surface area contributed by atoms with Crippen LogP contribution in [-0.2, 0) is 6.54 Å². The summed E-state index contributed by atoms with van der Waals surface area (Å²) in [5.41, 5.74) is 0.532. The van der Waals surface area contributed by atoms with Gasteiger partial charge in [0, 0.05) is 26.2 Å². The lowest BCUT2D eigenvalue weighted by molar-refractivity contribution is 0.762. The topological polar surface area (TPSA) is 50.2 Å². The van der Waals surface area contributed by atoms with Crippen LogP contribution in [0.4, 0.5) is 11.5 Å². The van der Waals surface area contributed by atoms with E-state index in [1.54, 1.807) is 6.33 Å². The van der Waals surface area contributed by atoms with Gasteiger partial charge in [-0.25, -0.2) is 0 Å². The molecule has 0 unspecified atom stereocenters. The molecule has 0 amide bonds.